The molecule has 1 aromatic rings. The molecular weight excluding hydrogens is 322 g/mol. The van der Waals surface area contributed by atoms with Crippen molar-refractivity contribution in [3.05, 3.63) is 11.7 Å². The average molecular weight is 346 g/mol. The summed E-state index contributed by atoms with van der Waals surface area (Å²) >= 11 is 0. The van der Waals surface area contributed by atoms with E-state index in [1.165, 1.54) is 0 Å². The van der Waals surface area contributed by atoms with Crippen molar-refractivity contribution in [2.24, 2.45) is 5.92 Å². The number of halogens is 2. The molecule has 1 atom stereocenters. The van der Waals surface area contributed by atoms with E-state index in [2.05, 4.69) is 20.8 Å². The van der Waals surface area contributed by atoms with E-state index in [0.717, 1.165) is 12.8 Å². The Bertz CT molecular complexity index is 569. The Morgan fingerprint density at radius 1 is 1.38 bits per heavy atom. The quantitative estimate of drug-likeness (QED) is 0.789. The normalized spacial score (nSPS) is 17.6. The first kappa shape index (κ1) is 18.6. The van der Waals surface area contributed by atoms with E-state index < -0.39 is 29.5 Å². The predicted octanol–water partition coefficient (Wildman–Crippen LogP) is 2.79. The number of alkyl halides is 2. The lowest BCUT2D eigenvalue weighted by Gasteiger charge is -2.31. The van der Waals surface area contributed by atoms with Crippen molar-refractivity contribution < 1.29 is 22.8 Å². The molecule has 1 aliphatic rings. The summed E-state index contributed by atoms with van der Waals surface area (Å²) in [5, 5.41) is 9.21. The van der Waals surface area contributed by atoms with Gasteiger partial charge in [0.15, 0.2) is 0 Å². The second-order valence-corrected chi connectivity index (χ2v) is 7.25. The highest BCUT2D eigenvalue weighted by Crippen LogP contribution is 2.39. The Balaban J connectivity index is 1.89. The molecule has 1 saturated carbocycles. The third kappa shape index (κ3) is 5.40. The van der Waals surface area contributed by atoms with Crippen molar-refractivity contribution in [2.45, 2.75) is 64.6 Å². The van der Waals surface area contributed by atoms with Crippen LogP contribution in [0.3, 0.4) is 0 Å². The summed E-state index contributed by atoms with van der Waals surface area (Å²) in [7, 11) is 0. The molecule has 0 bridgehead atoms. The molecule has 0 unspecified atom stereocenters. The van der Waals surface area contributed by atoms with E-state index in [-0.39, 0.29) is 12.4 Å². The lowest BCUT2D eigenvalue weighted by molar-refractivity contribution is 0.0507. The molecule has 7 nitrogen and oxygen atoms in total. The van der Waals surface area contributed by atoms with Crippen LogP contribution >= 0.6 is 0 Å². The maximum atomic E-state index is 12.5. The average Bonchev–Trinajstić information content (AvgIpc) is 3.20. The number of carbonyl (C=O) groups is 1. The van der Waals surface area contributed by atoms with E-state index in [4.69, 9.17) is 9.26 Å². The van der Waals surface area contributed by atoms with Crippen molar-refractivity contribution in [1.29, 1.82) is 0 Å². The van der Waals surface area contributed by atoms with Crippen molar-refractivity contribution in [3.8, 4) is 0 Å². The Labute approximate surface area is 139 Å². The van der Waals surface area contributed by atoms with Crippen molar-refractivity contribution in [1.82, 2.24) is 20.8 Å². The summed E-state index contributed by atoms with van der Waals surface area (Å²) in [5.74, 6) is -0.147. The summed E-state index contributed by atoms with van der Waals surface area (Å²) in [4.78, 5) is 15.4. The maximum Gasteiger partial charge on any atom is 0.407 e. The molecule has 2 N–H and O–H groups in total. The first-order valence-corrected chi connectivity index (χ1v) is 7.91. The number of ether oxygens (including phenoxy) is 1. The molecule has 0 aliphatic heterocycles. The summed E-state index contributed by atoms with van der Waals surface area (Å²) in [6.07, 6.45) is -1.18. The van der Waals surface area contributed by atoms with Gasteiger partial charge in [-0.25, -0.2) is 13.6 Å². The van der Waals surface area contributed by atoms with Gasteiger partial charge in [-0.1, -0.05) is 5.16 Å². The molecule has 1 heterocycles. The second kappa shape index (κ2) is 7.00. The Morgan fingerprint density at radius 3 is 2.54 bits per heavy atom. The van der Waals surface area contributed by atoms with Gasteiger partial charge in [-0.2, -0.15) is 4.98 Å². The largest absolute Gasteiger partial charge is 0.444 e. The highest BCUT2D eigenvalue weighted by atomic mass is 19.3. The van der Waals surface area contributed by atoms with Crippen LogP contribution in [0.15, 0.2) is 4.52 Å². The van der Waals surface area contributed by atoms with Gasteiger partial charge in [0.2, 0.25) is 11.7 Å². The maximum absolute atomic E-state index is 12.5. The third-order valence-corrected chi connectivity index (χ3v) is 3.80. The SMILES string of the molecule is CC(C)(C)OC(=O)NC[C@@](C)(NCc1nc(C(F)F)no1)C1CC1. The van der Waals surface area contributed by atoms with Crippen LogP contribution < -0.4 is 10.6 Å². The molecular formula is C15H24F2N4O3. The minimum atomic E-state index is -2.76. The smallest absolute Gasteiger partial charge is 0.407 e. The standard InChI is InChI=1S/C15H24F2N4O3/c1-14(2,3)23-13(22)18-8-15(4,9-5-6-9)19-7-10-20-12(11(16)17)21-24-10/h9,11,19H,5-8H2,1-4H3,(H,18,22)/t15-/m1/s1. The molecule has 24 heavy (non-hydrogen) atoms. The molecule has 1 amide bonds. The monoisotopic (exact) mass is 346 g/mol. The zero-order valence-corrected chi connectivity index (χ0v) is 14.4. The van der Waals surface area contributed by atoms with Crippen molar-refractivity contribution >= 4 is 6.09 Å². The zero-order chi connectivity index (χ0) is 18.0. The van der Waals surface area contributed by atoms with E-state index >= 15 is 0 Å². The van der Waals surface area contributed by atoms with Crippen LogP contribution in [0.4, 0.5) is 13.6 Å². The van der Waals surface area contributed by atoms with Crippen molar-refractivity contribution in [2.75, 3.05) is 6.54 Å². The molecule has 1 fully saturated rings. The number of rotatable bonds is 7. The molecule has 0 aromatic carbocycles. The number of hydrogen-bond donors (Lipinski definition) is 2. The summed E-state index contributed by atoms with van der Waals surface area (Å²) < 4.78 is 35.0. The molecule has 1 aromatic heterocycles. The van der Waals surface area contributed by atoms with Gasteiger partial charge in [0.1, 0.15) is 5.60 Å². The molecule has 0 radical (unpaired) electrons. The van der Waals surface area contributed by atoms with Gasteiger partial charge in [-0.05, 0) is 46.5 Å². The van der Waals surface area contributed by atoms with Gasteiger partial charge in [0.25, 0.3) is 0 Å². The van der Waals surface area contributed by atoms with Gasteiger partial charge in [-0.15, -0.1) is 0 Å². The van der Waals surface area contributed by atoms with Crippen LogP contribution in [0.2, 0.25) is 0 Å². The number of aromatic nitrogens is 2. The minimum Gasteiger partial charge on any atom is -0.444 e. The zero-order valence-electron chi connectivity index (χ0n) is 14.4. The lowest BCUT2D eigenvalue weighted by Crippen LogP contribution is -2.53. The van der Waals surface area contributed by atoms with Gasteiger partial charge in [0, 0.05) is 12.1 Å². The van der Waals surface area contributed by atoms with Crippen molar-refractivity contribution in [3.63, 3.8) is 0 Å². The fraction of sp³-hybridized carbons (Fsp3) is 0.800. The molecule has 0 saturated heterocycles. The highest BCUT2D eigenvalue weighted by molar-refractivity contribution is 5.67. The number of amides is 1. The number of nitrogens with one attached hydrogen (secondary N) is 2. The number of carbonyl (C=O) groups excluding carboxylic acids is 1. The van der Waals surface area contributed by atoms with Crippen LogP contribution in [0, 0.1) is 5.92 Å². The number of hydrogen-bond acceptors (Lipinski definition) is 6. The number of nitrogens with zero attached hydrogens (tertiary/aromatic N) is 2. The Kier molecular flexibility index (Phi) is 5.42. The fourth-order valence-corrected chi connectivity index (χ4v) is 2.35. The van der Waals surface area contributed by atoms with Crippen LogP contribution in [-0.2, 0) is 11.3 Å². The Morgan fingerprint density at radius 2 is 2.04 bits per heavy atom. The van der Waals surface area contributed by atoms with Gasteiger partial charge in [0.05, 0.1) is 6.54 Å². The van der Waals surface area contributed by atoms with Gasteiger partial charge >= 0.3 is 12.5 Å². The van der Waals surface area contributed by atoms with Crippen LogP contribution in [0.5, 0.6) is 0 Å². The molecule has 1 aliphatic carbocycles. The Hall–Kier alpha value is -1.77. The van der Waals surface area contributed by atoms with Crippen LogP contribution in [0.1, 0.15) is 58.7 Å². The van der Waals surface area contributed by atoms with E-state index in [1.54, 1.807) is 20.8 Å². The fourth-order valence-electron chi connectivity index (χ4n) is 2.35. The lowest BCUT2D eigenvalue weighted by atomic mass is 9.95. The molecule has 0 spiro atoms. The first-order chi connectivity index (χ1) is 11.1. The summed E-state index contributed by atoms with van der Waals surface area (Å²) in [6.45, 7) is 7.85. The van der Waals surface area contributed by atoms with E-state index in [0.29, 0.717) is 12.5 Å². The highest BCUT2D eigenvalue weighted by Gasteiger charge is 2.41. The van der Waals surface area contributed by atoms with Crippen LogP contribution in [-0.4, -0.2) is 33.9 Å². The molecule has 136 valence electrons. The first-order valence-electron chi connectivity index (χ1n) is 7.91. The summed E-state index contributed by atoms with van der Waals surface area (Å²) in [6, 6.07) is 0. The topological polar surface area (TPSA) is 89.3 Å². The van der Waals surface area contributed by atoms with Gasteiger partial charge in [-0.3, -0.25) is 0 Å². The second-order valence-electron chi connectivity index (χ2n) is 7.25. The minimum absolute atomic E-state index is 0.0921. The van der Waals surface area contributed by atoms with E-state index in [9.17, 15) is 13.6 Å². The summed E-state index contributed by atoms with van der Waals surface area (Å²) in [5.41, 5.74) is -0.973. The molecule has 2 rings (SSSR count). The predicted molar refractivity (Wildman–Crippen MR) is 81.5 cm³/mol. The van der Waals surface area contributed by atoms with E-state index in [1.807, 2.05) is 6.92 Å². The number of alkyl carbamates (subject to hydrolysis) is 1. The molecule has 9 heteroatoms. The van der Waals surface area contributed by atoms with Gasteiger partial charge < -0.3 is 19.9 Å². The van der Waals surface area contributed by atoms with Crippen LogP contribution in [0.25, 0.3) is 0 Å². The third-order valence-electron chi connectivity index (χ3n) is 3.80.